The van der Waals surface area contributed by atoms with Crippen LogP contribution in [0.3, 0.4) is 0 Å². The summed E-state index contributed by atoms with van der Waals surface area (Å²) in [7, 11) is 6.68. The fourth-order valence-corrected chi connectivity index (χ4v) is 1.69. The van der Waals surface area contributed by atoms with Crippen molar-refractivity contribution in [3.8, 4) is 0 Å². The van der Waals surface area contributed by atoms with Crippen LogP contribution < -0.4 is 0 Å². The molecule has 1 heterocycles. The average molecular weight is 210 g/mol. The van der Waals surface area contributed by atoms with Crippen molar-refractivity contribution in [2.45, 2.75) is 17.8 Å². The van der Waals surface area contributed by atoms with Gasteiger partial charge < -0.3 is 9.15 Å². The van der Waals surface area contributed by atoms with E-state index in [9.17, 15) is 4.79 Å². The lowest BCUT2D eigenvalue weighted by Crippen LogP contribution is -1.98. The van der Waals surface area contributed by atoms with Crippen LogP contribution in [-0.4, -0.2) is 26.7 Å². The molecule has 0 N–H and O–H groups in total. The molecule has 0 fully saturated rings. The molecule has 0 saturated carbocycles. The molecule has 74 valence electrons. The van der Waals surface area contributed by atoms with Gasteiger partial charge in [-0.25, -0.2) is 4.79 Å². The summed E-state index contributed by atoms with van der Waals surface area (Å²) in [5.41, 5.74) is 0. The van der Waals surface area contributed by atoms with E-state index in [1.54, 1.807) is 12.1 Å². The molecule has 0 aliphatic heterocycles. The number of hydrogen-bond acceptors (Lipinski definition) is 4. The van der Waals surface area contributed by atoms with Gasteiger partial charge in [-0.1, -0.05) is 24.5 Å². The van der Waals surface area contributed by atoms with E-state index in [-0.39, 0.29) is 5.76 Å². The van der Waals surface area contributed by atoms with Crippen LogP contribution in [0.15, 0.2) is 21.6 Å². The third-order valence-electron chi connectivity index (χ3n) is 1.56. The summed E-state index contributed by atoms with van der Waals surface area (Å²) in [5.74, 6) is 0.684. The normalized spacial score (nSPS) is 10.1. The van der Waals surface area contributed by atoms with Crippen LogP contribution in [0, 0.1) is 0 Å². The Balaban J connectivity index is 2.46. The molecule has 1 rings (SSSR count). The average Bonchev–Trinajstić information content (AvgIpc) is 2.66. The van der Waals surface area contributed by atoms with Gasteiger partial charge in [0.1, 0.15) is 0 Å². The quantitative estimate of drug-likeness (QED) is 0.323. The second-order valence-electron chi connectivity index (χ2n) is 2.60. The van der Waals surface area contributed by atoms with Gasteiger partial charge in [0.25, 0.3) is 0 Å². The molecule has 0 saturated heterocycles. The maximum absolute atomic E-state index is 11.0. The summed E-state index contributed by atoms with van der Waals surface area (Å²) in [4.78, 5) is 11.0. The number of methoxy groups -OCH3 is 1. The Kier molecular flexibility index (Phi) is 4.66. The van der Waals surface area contributed by atoms with Crippen LogP contribution in [0.5, 0.6) is 0 Å². The fourth-order valence-electron chi connectivity index (χ4n) is 0.864. The number of furan rings is 1. The molecule has 0 spiro atoms. The zero-order valence-electron chi connectivity index (χ0n) is 7.99. The highest BCUT2D eigenvalue weighted by molar-refractivity contribution is 7.99. The second-order valence-corrected chi connectivity index (χ2v) is 3.70. The van der Waals surface area contributed by atoms with Crippen LogP contribution in [0.25, 0.3) is 0 Å². The number of thioether (sulfide) groups is 1. The summed E-state index contributed by atoms with van der Waals surface area (Å²) in [6.45, 7) is 0. The second kappa shape index (κ2) is 5.80. The standard InChI is InChI=1S/C9H11BO3S/c1-12-9(11)7-3-4-8(13-7)14-6-2-5-10/h3-4H,2,5-6H2,1H3. The van der Waals surface area contributed by atoms with E-state index < -0.39 is 5.97 Å². The minimum Gasteiger partial charge on any atom is -0.463 e. The largest absolute Gasteiger partial charge is 0.463 e. The van der Waals surface area contributed by atoms with Gasteiger partial charge in [-0.05, 0) is 12.1 Å². The van der Waals surface area contributed by atoms with Gasteiger partial charge >= 0.3 is 5.97 Å². The number of ether oxygens (including phenoxy) is 1. The maximum Gasteiger partial charge on any atom is 0.373 e. The van der Waals surface area contributed by atoms with Crippen molar-refractivity contribution in [1.82, 2.24) is 0 Å². The lowest BCUT2D eigenvalue weighted by molar-refractivity contribution is 0.0559. The zero-order chi connectivity index (χ0) is 10.4. The third kappa shape index (κ3) is 3.14. The lowest BCUT2D eigenvalue weighted by atomic mass is 10.0. The summed E-state index contributed by atoms with van der Waals surface area (Å²) in [5, 5.41) is 0.721. The van der Waals surface area contributed by atoms with Gasteiger partial charge in [-0.15, -0.1) is 0 Å². The third-order valence-corrected chi connectivity index (χ3v) is 2.56. The van der Waals surface area contributed by atoms with Crippen molar-refractivity contribution in [3.05, 3.63) is 17.9 Å². The van der Waals surface area contributed by atoms with Crippen molar-refractivity contribution < 1.29 is 13.9 Å². The topological polar surface area (TPSA) is 39.4 Å². The molecule has 14 heavy (non-hydrogen) atoms. The minimum atomic E-state index is -0.448. The SMILES string of the molecule is [B]CCCSc1ccc(C(=O)OC)o1. The molecule has 0 atom stereocenters. The molecular formula is C9H11BO3S. The van der Waals surface area contributed by atoms with Crippen molar-refractivity contribution in [2.24, 2.45) is 0 Å². The Hall–Kier alpha value is -0.835. The molecule has 0 aromatic carbocycles. The lowest BCUT2D eigenvalue weighted by Gasteiger charge is -1.95. The molecule has 5 heteroatoms. The Labute approximate surface area is 88.6 Å². The molecule has 1 aromatic rings. The molecule has 0 aliphatic rings. The minimum absolute atomic E-state index is 0.239. The summed E-state index contributed by atoms with van der Waals surface area (Å²) < 4.78 is 9.74. The molecule has 0 unspecified atom stereocenters. The number of carbonyl (C=O) groups is 1. The predicted molar refractivity (Wildman–Crippen MR) is 55.9 cm³/mol. The van der Waals surface area contributed by atoms with Gasteiger partial charge in [-0.3, -0.25) is 0 Å². The molecule has 0 bridgehead atoms. The Morgan fingerprint density at radius 1 is 1.64 bits per heavy atom. The number of hydrogen-bond donors (Lipinski definition) is 0. The summed E-state index contributed by atoms with van der Waals surface area (Å²) in [6.07, 6.45) is 1.59. The monoisotopic (exact) mass is 210 g/mol. The van der Waals surface area contributed by atoms with E-state index in [0.29, 0.717) is 6.32 Å². The first-order valence-electron chi connectivity index (χ1n) is 4.29. The fraction of sp³-hybridized carbons (Fsp3) is 0.444. The summed E-state index contributed by atoms with van der Waals surface area (Å²) in [6, 6.07) is 3.37. The Morgan fingerprint density at radius 2 is 2.43 bits per heavy atom. The van der Waals surface area contributed by atoms with Crippen LogP contribution in [0.1, 0.15) is 17.0 Å². The zero-order valence-corrected chi connectivity index (χ0v) is 8.80. The van der Waals surface area contributed by atoms with Crippen molar-refractivity contribution >= 4 is 25.6 Å². The molecule has 0 aliphatic carbocycles. The first-order chi connectivity index (χ1) is 6.77. The Morgan fingerprint density at radius 3 is 3.07 bits per heavy atom. The first kappa shape index (κ1) is 11.2. The molecule has 3 nitrogen and oxygen atoms in total. The van der Waals surface area contributed by atoms with E-state index >= 15 is 0 Å². The molecular weight excluding hydrogens is 199 g/mol. The van der Waals surface area contributed by atoms with E-state index in [2.05, 4.69) is 4.74 Å². The smallest absolute Gasteiger partial charge is 0.373 e. The van der Waals surface area contributed by atoms with Crippen molar-refractivity contribution in [1.29, 1.82) is 0 Å². The molecule has 2 radical (unpaired) electrons. The Bertz CT molecular complexity index is 298. The van der Waals surface area contributed by atoms with Crippen LogP contribution in [0.4, 0.5) is 0 Å². The number of esters is 1. The van der Waals surface area contributed by atoms with Crippen LogP contribution in [0.2, 0.25) is 6.32 Å². The molecule has 0 amide bonds. The van der Waals surface area contributed by atoms with Crippen LogP contribution in [-0.2, 0) is 4.74 Å². The highest BCUT2D eigenvalue weighted by atomic mass is 32.2. The van der Waals surface area contributed by atoms with E-state index in [0.717, 1.165) is 17.3 Å². The van der Waals surface area contributed by atoms with Gasteiger partial charge in [-0.2, -0.15) is 0 Å². The first-order valence-corrected chi connectivity index (χ1v) is 5.27. The van der Waals surface area contributed by atoms with Gasteiger partial charge in [0.15, 0.2) is 5.09 Å². The highest BCUT2D eigenvalue weighted by Crippen LogP contribution is 2.22. The maximum atomic E-state index is 11.0. The molecule has 1 aromatic heterocycles. The number of carbonyl (C=O) groups excluding carboxylic acids is 1. The van der Waals surface area contributed by atoms with Gasteiger partial charge in [0, 0.05) is 5.75 Å². The van der Waals surface area contributed by atoms with Crippen molar-refractivity contribution in [2.75, 3.05) is 12.9 Å². The van der Waals surface area contributed by atoms with E-state index in [1.165, 1.54) is 18.9 Å². The van der Waals surface area contributed by atoms with Gasteiger partial charge in [0.05, 0.1) is 15.0 Å². The highest BCUT2D eigenvalue weighted by Gasteiger charge is 2.10. The van der Waals surface area contributed by atoms with Gasteiger partial charge in [0.2, 0.25) is 5.76 Å². The van der Waals surface area contributed by atoms with Crippen molar-refractivity contribution in [3.63, 3.8) is 0 Å². The number of rotatable bonds is 5. The van der Waals surface area contributed by atoms with E-state index in [4.69, 9.17) is 12.3 Å². The summed E-state index contributed by atoms with van der Waals surface area (Å²) >= 11 is 1.54. The van der Waals surface area contributed by atoms with E-state index in [1.807, 2.05) is 0 Å². The van der Waals surface area contributed by atoms with Crippen LogP contribution >= 0.6 is 11.8 Å². The predicted octanol–water partition coefficient (Wildman–Crippen LogP) is 2.14.